The zero-order valence-electron chi connectivity index (χ0n) is 48.9. The van der Waals surface area contributed by atoms with E-state index in [1.165, 1.54) is 14.0 Å². The van der Waals surface area contributed by atoms with Gasteiger partial charge in [0.2, 0.25) is 0 Å². The van der Waals surface area contributed by atoms with Gasteiger partial charge >= 0.3 is 5.97 Å². The summed E-state index contributed by atoms with van der Waals surface area (Å²) in [5.74, 6) is -2.80. The second-order valence-electron chi connectivity index (χ2n) is 24.0. The average Bonchev–Trinajstić information content (AvgIpc) is 3.91. The van der Waals surface area contributed by atoms with Crippen molar-refractivity contribution in [2.45, 2.75) is 212 Å². The number of likely N-dealkylation sites (N-methyl/N-ethyl adjacent to an activating group) is 2. The Balaban J connectivity index is 1.09. The van der Waals surface area contributed by atoms with Crippen LogP contribution >= 0.6 is 0 Å². The third-order valence-corrected chi connectivity index (χ3v) is 17.2. The highest BCUT2D eigenvalue weighted by Crippen LogP contribution is 2.40. The van der Waals surface area contributed by atoms with E-state index in [9.17, 15) is 35.1 Å². The molecule has 4 aromatic rings. The van der Waals surface area contributed by atoms with Crippen molar-refractivity contribution in [2.75, 3.05) is 27.7 Å². The van der Waals surface area contributed by atoms with Crippen molar-refractivity contribution in [3.05, 3.63) is 100 Å². The van der Waals surface area contributed by atoms with Gasteiger partial charge in [-0.2, -0.15) is 0 Å². The van der Waals surface area contributed by atoms with Crippen molar-refractivity contribution >= 4 is 5.97 Å². The summed E-state index contributed by atoms with van der Waals surface area (Å²) in [5, 5.41) is 68.9. The summed E-state index contributed by atoms with van der Waals surface area (Å²) in [6.45, 7) is 21.1. The van der Waals surface area contributed by atoms with Crippen LogP contribution in [0.1, 0.15) is 112 Å². The van der Waals surface area contributed by atoms with Gasteiger partial charge in [0.25, 0.3) is 5.56 Å². The van der Waals surface area contributed by atoms with Crippen LogP contribution in [0.15, 0.2) is 77.9 Å². The normalized spacial score (nSPS) is 36.6. The van der Waals surface area contributed by atoms with E-state index in [0.29, 0.717) is 26.1 Å². The van der Waals surface area contributed by atoms with E-state index in [1.54, 1.807) is 52.2 Å². The standard InChI is InChI=1S/C60H90N6O13/c1-15-48-60(11,73)53(69)40(7)63(12)31-36(3)29-58(9,72)55(38(5)52(39(6)56(71)77-48)78-50-30-59(10,74-14)54(70)41(8)76-50)79-57-51(68)47(28-37(4)75-57)64(13)33-43-17-21-44(22-18-43)46-34-65(62-61-46)27-26-42-19-23-45(24-20-42)66-32-35(2)16-25-49(66)67/h16-25,32,34,36-41,47-48,50-55,57,68-70,72-73H,15,26-31,33H2,1-14H3/t36-,37-,38+,39-,40-,41+,47+,48-,50+,51-,52+,53-,54+,55-,57+,58-,59-,60-/m1/s1. The predicted octanol–water partition coefficient (Wildman–Crippen LogP) is 5.43. The van der Waals surface area contributed by atoms with Gasteiger partial charge in [-0.05, 0) is 130 Å². The summed E-state index contributed by atoms with van der Waals surface area (Å²) in [5.41, 5.74) is 0.949. The van der Waals surface area contributed by atoms with Gasteiger partial charge in [-0.3, -0.25) is 23.7 Å². The topological polar surface area (TPSA) is 233 Å². The van der Waals surface area contributed by atoms with Crippen molar-refractivity contribution in [1.29, 1.82) is 0 Å². The molecule has 0 aliphatic carbocycles. The molecule has 5 heterocycles. The molecule has 0 spiro atoms. The summed E-state index contributed by atoms with van der Waals surface area (Å²) in [4.78, 5) is 31.0. The molecule has 438 valence electrons. The first kappa shape index (κ1) is 62.1. The maximum absolute atomic E-state index is 14.5. The molecule has 3 saturated heterocycles. The van der Waals surface area contributed by atoms with E-state index < -0.39 is 102 Å². The van der Waals surface area contributed by atoms with E-state index in [0.717, 1.165) is 40.1 Å². The van der Waals surface area contributed by atoms with Crippen molar-refractivity contribution in [1.82, 2.24) is 29.4 Å². The van der Waals surface area contributed by atoms with Crippen LogP contribution in [0.5, 0.6) is 0 Å². The summed E-state index contributed by atoms with van der Waals surface area (Å²) >= 11 is 0. The molecule has 5 N–H and O–H groups in total. The Morgan fingerprint density at radius 1 is 0.848 bits per heavy atom. The van der Waals surface area contributed by atoms with Crippen LogP contribution in [0.25, 0.3) is 16.9 Å². The maximum atomic E-state index is 14.5. The van der Waals surface area contributed by atoms with Crippen molar-refractivity contribution < 1.29 is 58.7 Å². The van der Waals surface area contributed by atoms with Gasteiger partial charge in [-0.1, -0.05) is 68.4 Å². The molecule has 3 fully saturated rings. The van der Waals surface area contributed by atoms with E-state index in [2.05, 4.69) is 15.2 Å². The molecule has 3 aliphatic rings. The summed E-state index contributed by atoms with van der Waals surface area (Å²) in [6.07, 6.45) is -4.64. The van der Waals surface area contributed by atoms with Crippen LogP contribution in [0, 0.1) is 24.7 Å². The summed E-state index contributed by atoms with van der Waals surface area (Å²) in [7, 11) is 5.30. The molecular weight excluding hydrogens is 1010 g/mol. The molecular formula is C60H90N6O13. The molecule has 2 aromatic carbocycles. The number of carbonyl (C=O) groups excluding carboxylic acids is 1. The third kappa shape index (κ3) is 14.4. The summed E-state index contributed by atoms with van der Waals surface area (Å²) in [6, 6.07) is 18.4. The van der Waals surface area contributed by atoms with E-state index in [4.69, 9.17) is 28.4 Å². The fourth-order valence-corrected chi connectivity index (χ4v) is 12.2. The molecule has 0 amide bonds. The SMILES string of the molecule is CC[C@H]1OC(=O)[C@H](C)[C@@H](O[C@H]2C[C@@](C)(OC)[C@@H](O)[C@H](C)O2)[C@H](C)[C@@H](O[C@@H]2O[C@H](C)C[C@H](N(C)Cc3ccc(-c4cn(CCc5ccc(-n6cc(C)ccc6=O)cc5)nn4)cc3)[C@H]2O)[C@](C)(O)C[C@@H](C)CN(C)[C@H](C)[C@@H](O)[C@]1(C)O. The van der Waals surface area contributed by atoms with Gasteiger partial charge in [0.05, 0.1) is 47.7 Å². The zero-order chi connectivity index (χ0) is 57.9. The largest absolute Gasteiger partial charge is 0.459 e. The van der Waals surface area contributed by atoms with Crippen LogP contribution in [-0.4, -0.2) is 179 Å². The highest BCUT2D eigenvalue weighted by atomic mass is 16.7. The molecule has 19 nitrogen and oxygen atoms in total. The van der Waals surface area contributed by atoms with Crippen LogP contribution < -0.4 is 5.56 Å². The van der Waals surface area contributed by atoms with Crippen molar-refractivity contribution in [3.8, 4) is 16.9 Å². The Kier molecular flexibility index (Phi) is 20.3. The molecule has 79 heavy (non-hydrogen) atoms. The number of methoxy groups -OCH3 is 1. The number of rotatable bonds is 14. The third-order valence-electron chi connectivity index (χ3n) is 17.2. The van der Waals surface area contributed by atoms with Gasteiger partial charge in [-0.15, -0.1) is 5.10 Å². The number of hydrogen-bond acceptors (Lipinski definition) is 17. The van der Waals surface area contributed by atoms with Crippen LogP contribution in [0.2, 0.25) is 0 Å². The molecule has 2 aromatic heterocycles. The number of cyclic esters (lactones) is 1. The smallest absolute Gasteiger partial charge is 0.311 e. The average molecular weight is 1100 g/mol. The number of aliphatic hydroxyl groups excluding tert-OH is 3. The van der Waals surface area contributed by atoms with Gasteiger partial charge in [-0.25, -0.2) is 0 Å². The number of benzene rings is 2. The monoisotopic (exact) mass is 1100 g/mol. The molecule has 0 radical (unpaired) electrons. The molecule has 0 saturated carbocycles. The lowest BCUT2D eigenvalue weighted by atomic mass is 9.77. The van der Waals surface area contributed by atoms with Crippen LogP contribution in [0.4, 0.5) is 0 Å². The van der Waals surface area contributed by atoms with Crippen molar-refractivity contribution in [2.24, 2.45) is 17.8 Å². The van der Waals surface area contributed by atoms with Gasteiger partial charge in [0, 0.05) is 74.7 Å². The number of esters is 1. The van der Waals surface area contributed by atoms with Crippen LogP contribution in [0.3, 0.4) is 0 Å². The molecule has 7 rings (SSSR count). The van der Waals surface area contributed by atoms with Gasteiger partial charge in [0.1, 0.15) is 35.7 Å². The minimum Gasteiger partial charge on any atom is -0.459 e. The van der Waals surface area contributed by atoms with Crippen LogP contribution in [-0.2, 0) is 52.7 Å². The lowest BCUT2D eigenvalue weighted by Crippen LogP contribution is -2.60. The van der Waals surface area contributed by atoms with Gasteiger partial charge in [0.15, 0.2) is 12.6 Å². The number of aryl methyl sites for hydroxylation is 3. The molecule has 0 bridgehead atoms. The fraction of sp³-hybridized carbons (Fsp3) is 0.667. The highest BCUT2D eigenvalue weighted by Gasteiger charge is 2.53. The fourth-order valence-electron chi connectivity index (χ4n) is 12.2. The molecule has 0 unspecified atom stereocenters. The van der Waals surface area contributed by atoms with E-state index in [-0.39, 0.29) is 36.8 Å². The Labute approximate surface area is 466 Å². The first-order valence-electron chi connectivity index (χ1n) is 28.2. The number of aliphatic hydroxyl groups is 5. The number of ether oxygens (including phenoxy) is 6. The van der Waals surface area contributed by atoms with Crippen molar-refractivity contribution in [3.63, 3.8) is 0 Å². The molecule has 3 aliphatic heterocycles. The second-order valence-corrected chi connectivity index (χ2v) is 24.0. The zero-order valence-corrected chi connectivity index (χ0v) is 48.9. The quantitative estimate of drug-likeness (QED) is 0.0991. The maximum Gasteiger partial charge on any atom is 0.311 e. The van der Waals surface area contributed by atoms with E-state index >= 15 is 0 Å². The Bertz CT molecular complexity index is 2670. The second kappa shape index (κ2) is 25.8. The minimum atomic E-state index is -1.84. The number of hydrogen-bond donors (Lipinski definition) is 5. The molecule has 18 atom stereocenters. The first-order chi connectivity index (χ1) is 37.2. The predicted molar refractivity (Wildman–Crippen MR) is 298 cm³/mol. The lowest BCUT2D eigenvalue weighted by molar-refractivity contribution is -0.318. The number of nitrogens with zero attached hydrogens (tertiary/aromatic N) is 6. The van der Waals surface area contributed by atoms with Gasteiger partial charge < -0.3 is 58.9 Å². The summed E-state index contributed by atoms with van der Waals surface area (Å²) < 4.78 is 42.0. The Morgan fingerprint density at radius 3 is 2.18 bits per heavy atom. The Morgan fingerprint density at radius 2 is 1.52 bits per heavy atom. The highest BCUT2D eigenvalue weighted by molar-refractivity contribution is 5.73. The molecule has 19 heteroatoms. The minimum absolute atomic E-state index is 0.0760. The number of pyridine rings is 1. The number of aromatic nitrogens is 4. The van der Waals surface area contributed by atoms with E-state index in [1.807, 2.05) is 118 Å². The number of carbonyl (C=O) groups is 1. The lowest BCUT2D eigenvalue weighted by Gasteiger charge is -2.49. The Hall–Kier alpha value is -4.48. The first-order valence-corrected chi connectivity index (χ1v) is 28.2.